The van der Waals surface area contributed by atoms with Crippen molar-refractivity contribution in [1.29, 1.82) is 0 Å². The number of carbonyl (C=O) groups is 1. The van der Waals surface area contributed by atoms with Crippen LogP contribution in [0, 0.1) is 17.6 Å². The third-order valence-electron chi connectivity index (χ3n) is 9.23. The van der Waals surface area contributed by atoms with Crippen LogP contribution in [-0.2, 0) is 27.8 Å². The van der Waals surface area contributed by atoms with Crippen LogP contribution in [-0.4, -0.2) is 63.9 Å². The van der Waals surface area contributed by atoms with Gasteiger partial charge in [0, 0.05) is 30.9 Å². The minimum atomic E-state index is -4.13. The van der Waals surface area contributed by atoms with Gasteiger partial charge in [-0.05, 0) is 97.0 Å². The largest absolute Gasteiger partial charge is 0.481 e. The standard InChI is InChI=1S/C38H44F2N2O6S/c1-25(2)36-38(49(47,48)41-19-16-27(17-20-41)22-26-6-4-3-5-7-26)35(28-8-12-30(39)13-9-28)37(29-10-14-31(40)15-11-29)42(36)21-18-32(43)23-33(44)24-34(45)46/h3-15,25,27,32-33,43-44H,16-24H2,1-2H3,(H,45,46)/t32-,33-/m1/s1. The number of halogens is 2. The van der Waals surface area contributed by atoms with Gasteiger partial charge in [0.15, 0.2) is 0 Å². The molecule has 0 bridgehead atoms. The van der Waals surface area contributed by atoms with Crippen LogP contribution in [0.25, 0.3) is 22.4 Å². The lowest BCUT2D eigenvalue weighted by Crippen LogP contribution is -2.39. The molecule has 5 rings (SSSR count). The number of hydrogen-bond acceptors (Lipinski definition) is 5. The molecular formula is C38H44F2N2O6S. The molecule has 8 nitrogen and oxygen atoms in total. The van der Waals surface area contributed by atoms with Gasteiger partial charge in [0.05, 0.1) is 24.3 Å². The van der Waals surface area contributed by atoms with Gasteiger partial charge in [-0.3, -0.25) is 4.79 Å². The lowest BCUT2D eigenvalue weighted by Gasteiger charge is -2.32. The van der Waals surface area contributed by atoms with Crippen LogP contribution >= 0.6 is 0 Å². The predicted octanol–water partition coefficient (Wildman–Crippen LogP) is 6.84. The number of nitrogens with zero attached hydrogens (tertiary/aromatic N) is 2. The normalized spacial score (nSPS) is 15.8. The van der Waals surface area contributed by atoms with Gasteiger partial charge in [0.25, 0.3) is 0 Å². The molecule has 1 aromatic heterocycles. The van der Waals surface area contributed by atoms with E-state index in [0.717, 1.165) is 6.42 Å². The van der Waals surface area contributed by atoms with E-state index in [-0.39, 0.29) is 30.2 Å². The molecule has 11 heteroatoms. The van der Waals surface area contributed by atoms with E-state index < -0.39 is 46.3 Å². The molecule has 49 heavy (non-hydrogen) atoms. The summed E-state index contributed by atoms with van der Waals surface area (Å²) in [6, 6.07) is 21.5. The van der Waals surface area contributed by atoms with Gasteiger partial charge in [0.1, 0.15) is 16.5 Å². The first kappa shape index (κ1) is 36.4. The number of carboxylic acids is 1. The Morgan fingerprint density at radius 3 is 1.98 bits per heavy atom. The SMILES string of the molecule is CC(C)c1c(S(=O)(=O)N2CCC(Cc3ccccc3)CC2)c(-c2ccc(F)cc2)c(-c2ccc(F)cc2)n1CC[C@@H](O)C[C@@H](O)CC(=O)O. The summed E-state index contributed by atoms with van der Waals surface area (Å²) < 4.78 is 61.6. The van der Waals surface area contributed by atoms with E-state index in [1.165, 1.54) is 46.3 Å². The summed E-state index contributed by atoms with van der Waals surface area (Å²) in [6.45, 7) is 4.54. The van der Waals surface area contributed by atoms with Crippen LogP contribution in [0.3, 0.4) is 0 Å². The molecule has 1 fully saturated rings. The van der Waals surface area contributed by atoms with Gasteiger partial charge >= 0.3 is 5.97 Å². The number of sulfonamides is 1. The topological polar surface area (TPSA) is 120 Å². The number of rotatable bonds is 14. The molecule has 1 aliphatic rings. The second kappa shape index (κ2) is 15.8. The zero-order valence-electron chi connectivity index (χ0n) is 27.8. The van der Waals surface area contributed by atoms with E-state index >= 15 is 0 Å². The van der Waals surface area contributed by atoms with Crippen molar-refractivity contribution in [3.63, 3.8) is 0 Å². The number of benzene rings is 3. The molecule has 2 atom stereocenters. The Hall–Kier alpha value is -3.90. The molecule has 2 heterocycles. The van der Waals surface area contributed by atoms with Crippen molar-refractivity contribution < 1.29 is 37.3 Å². The molecular weight excluding hydrogens is 650 g/mol. The van der Waals surface area contributed by atoms with Crippen molar-refractivity contribution in [3.8, 4) is 22.4 Å². The Bertz CT molecular complexity index is 1820. The summed E-state index contributed by atoms with van der Waals surface area (Å²) in [6.07, 6.45) is -0.721. The third kappa shape index (κ3) is 8.64. The summed E-state index contributed by atoms with van der Waals surface area (Å²) >= 11 is 0. The Morgan fingerprint density at radius 2 is 1.43 bits per heavy atom. The second-order valence-electron chi connectivity index (χ2n) is 13.2. The highest BCUT2D eigenvalue weighted by atomic mass is 32.2. The maximum absolute atomic E-state index is 14.9. The summed E-state index contributed by atoms with van der Waals surface area (Å²) in [5.74, 6) is -2.14. The van der Waals surface area contributed by atoms with Gasteiger partial charge in [0.2, 0.25) is 10.0 Å². The van der Waals surface area contributed by atoms with Crippen molar-refractivity contribution in [2.45, 2.75) is 81.9 Å². The zero-order chi connectivity index (χ0) is 35.3. The molecule has 262 valence electrons. The van der Waals surface area contributed by atoms with Gasteiger partial charge in [-0.15, -0.1) is 0 Å². The molecule has 4 aromatic rings. The zero-order valence-corrected chi connectivity index (χ0v) is 28.6. The van der Waals surface area contributed by atoms with Crippen molar-refractivity contribution in [2.75, 3.05) is 13.1 Å². The summed E-state index contributed by atoms with van der Waals surface area (Å²) in [7, 11) is -4.13. The number of piperidine rings is 1. The van der Waals surface area contributed by atoms with Crippen LogP contribution in [0.2, 0.25) is 0 Å². The number of aliphatic carboxylic acids is 1. The summed E-state index contributed by atoms with van der Waals surface area (Å²) in [5.41, 5.74) is 3.54. The van der Waals surface area contributed by atoms with E-state index in [1.807, 2.05) is 36.6 Å². The Labute approximate surface area is 286 Å². The maximum Gasteiger partial charge on any atom is 0.305 e. The third-order valence-corrected chi connectivity index (χ3v) is 11.2. The summed E-state index contributed by atoms with van der Waals surface area (Å²) in [5, 5.41) is 30.1. The maximum atomic E-state index is 14.9. The van der Waals surface area contributed by atoms with E-state index in [9.17, 15) is 32.2 Å². The average molecular weight is 695 g/mol. The number of hydrogen-bond donors (Lipinski definition) is 3. The molecule has 0 aliphatic carbocycles. The molecule has 1 saturated heterocycles. The van der Waals surface area contributed by atoms with Crippen molar-refractivity contribution >= 4 is 16.0 Å². The minimum Gasteiger partial charge on any atom is -0.481 e. The first-order valence-corrected chi connectivity index (χ1v) is 18.2. The van der Waals surface area contributed by atoms with Crippen molar-refractivity contribution in [1.82, 2.24) is 8.87 Å². The van der Waals surface area contributed by atoms with Gasteiger partial charge in [-0.25, -0.2) is 17.2 Å². The van der Waals surface area contributed by atoms with E-state index in [4.69, 9.17) is 5.11 Å². The fourth-order valence-electron chi connectivity index (χ4n) is 6.90. The van der Waals surface area contributed by atoms with Gasteiger partial charge in [-0.1, -0.05) is 56.3 Å². The number of aliphatic hydroxyl groups is 2. The molecule has 0 amide bonds. The van der Waals surface area contributed by atoms with Gasteiger partial charge in [-0.2, -0.15) is 4.31 Å². The number of aromatic nitrogens is 1. The highest BCUT2D eigenvalue weighted by molar-refractivity contribution is 7.89. The lowest BCUT2D eigenvalue weighted by atomic mass is 9.91. The van der Waals surface area contributed by atoms with Crippen LogP contribution in [0.5, 0.6) is 0 Å². The predicted molar refractivity (Wildman–Crippen MR) is 184 cm³/mol. The molecule has 3 aromatic carbocycles. The first-order valence-electron chi connectivity index (χ1n) is 16.7. The molecule has 0 radical (unpaired) electrons. The molecule has 3 N–H and O–H groups in total. The molecule has 0 spiro atoms. The molecule has 0 unspecified atom stereocenters. The number of aliphatic hydroxyl groups excluding tert-OH is 2. The molecule has 1 aliphatic heterocycles. The first-order chi connectivity index (χ1) is 23.3. The fourth-order valence-corrected chi connectivity index (χ4v) is 8.93. The monoisotopic (exact) mass is 694 g/mol. The minimum absolute atomic E-state index is 0.0759. The van der Waals surface area contributed by atoms with Crippen LogP contribution in [0.1, 0.15) is 63.1 Å². The second-order valence-corrected chi connectivity index (χ2v) is 15.1. The fraction of sp³-hybridized carbons (Fsp3) is 0.395. The number of carboxylic acid groups (broad SMARTS) is 1. The van der Waals surface area contributed by atoms with Crippen molar-refractivity contribution in [2.24, 2.45) is 5.92 Å². The van der Waals surface area contributed by atoms with Crippen LogP contribution in [0.4, 0.5) is 8.78 Å². The lowest BCUT2D eigenvalue weighted by molar-refractivity contribution is -0.139. The quantitative estimate of drug-likeness (QED) is 0.133. The Morgan fingerprint density at radius 1 is 0.857 bits per heavy atom. The highest BCUT2D eigenvalue weighted by Crippen LogP contribution is 2.46. The van der Waals surface area contributed by atoms with Crippen LogP contribution in [0.15, 0.2) is 83.8 Å². The highest BCUT2D eigenvalue weighted by Gasteiger charge is 2.38. The smallest absolute Gasteiger partial charge is 0.305 e. The van der Waals surface area contributed by atoms with E-state index in [0.29, 0.717) is 59.9 Å². The summed E-state index contributed by atoms with van der Waals surface area (Å²) in [4.78, 5) is 11.2. The van der Waals surface area contributed by atoms with Crippen LogP contribution < -0.4 is 0 Å². The Balaban J connectivity index is 1.62. The van der Waals surface area contributed by atoms with E-state index in [1.54, 1.807) is 12.1 Å². The average Bonchev–Trinajstić information content (AvgIpc) is 3.41. The van der Waals surface area contributed by atoms with E-state index in [2.05, 4.69) is 12.1 Å². The van der Waals surface area contributed by atoms with Crippen molar-refractivity contribution in [3.05, 3.63) is 102 Å². The Kier molecular flexibility index (Phi) is 11.7. The molecule has 0 saturated carbocycles. The van der Waals surface area contributed by atoms with Gasteiger partial charge < -0.3 is 19.9 Å².